The average Bonchev–Trinajstić information content (AvgIpc) is 3.58. The van der Waals surface area contributed by atoms with Gasteiger partial charge in [-0.05, 0) is 49.6 Å². The highest BCUT2D eigenvalue weighted by atomic mass is 19.4. The molecule has 2 aliphatic rings. The molecule has 0 aromatic heterocycles. The number of nitriles is 1. The molecular weight excluding hydrogens is 421 g/mol. The van der Waals surface area contributed by atoms with Gasteiger partial charge in [0.25, 0.3) is 5.91 Å². The van der Waals surface area contributed by atoms with Crippen LogP contribution in [0.15, 0.2) is 59.8 Å². The summed E-state index contributed by atoms with van der Waals surface area (Å²) in [7, 11) is 0. The van der Waals surface area contributed by atoms with Gasteiger partial charge >= 0.3 is 12.2 Å². The molecule has 0 spiro atoms. The molecule has 32 heavy (non-hydrogen) atoms. The van der Waals surface area contributed by atoms with Crippen LogP contribution in [0.5, 0.6) is 0 Å². The number of hydrogen-bond acceptors (Lipinski definition) is 3. The van der Waals surface area contributed by atoms with E-state index in [2.05, 4.69) is 10.6 Å². The molecule has 1 fully saturated rings. The number of nitrogens with zero attached hydrogens (tertiary/aromatic N) is 2. The van der Waals surface area contributed by atoms with Crippen molar-refractivity contribution in [3.05, 3.63) is 76.5 Å². The number of halogens is 3. The molecule has 4 rings (SSSR count). The number of carbonyl (C=O) groups excluding carboxylic acids is 2. The zero-order valence-electron chi connectivity index (χ0n) is 17.0. The molecule has 6 nitrogen and oxygen atoms in total. The maximum atomic E-state index is 13.4. The van der Waals surface area contributed by atoms with Gasteiger partial charge < -0.3 is 10.6 Å². The Kier molecular flexibility index (Phi) is 5.38. The maximum absolute atomic E-state index is 13.4. The Morgan fingerprint density at radius 1 is 1.16 bits per heavy atom. The Labute approximate surface area is 182 Å². The quantitative estimate of drug-likeness (QED) is 0.722. The third-order valence-corrected chi connectivity index (χ3v) is 5.54. The lowest BCUT2D eigenvalue weighted by molar-refractivity contribution is -0.137. The van der Waals surface area contributed by atoms with Crippen LogP contribution in [0.1, 0.15) is 42.5 Å². The Bertz CT molecular complexity index is 1150. The van der Waals surface area contributed by atoms with Crippen molar-refractivity contribution in [2.75, 3.05) is 5.32 Å². The molecule has 0 unspecified atom stereocenters. The van der Waals surface area contributed by atoms with Gasteiger partial charge in [-0.15, -0.1) is 0 Å². The van der Waals surface area contributed by atoms with Crippen molar-refractivity contribution < 1.29 is 22.8 Å². The molecule has 3 amide bonds. The number of hydrogen-bond donors (Lipinski definition) is 2. The molecule has 2 aromatic rings. The minimum Gasteiger partial charge on any atom is -0.326 e. The number of allylic oxidation sites excluding steroid dienone is 1. The van der Waals surface area contributed by atoms with Crippen LogP contribution in [0.25, 0.3) is 0 Å². The van der Waals surface area contributed by atoms with Crippen LogP contribution in [0, 0.1) is 11.3 Å². The number of amides is 3. The molecule has 1 saturated carbocycles. The van der Waals surface area contributed by atoms with Gasteiger partial charge in [0.15, 0.2) is 0 Å². The molecule has 1 atom stereocenters. The first-order valence-corrected chi connectivity index (χ1v) is 9.99. The summed E-state index contributed by atoms with van der Waals surface area (Å²) in [6, 6.07) is 11.8. The number of nitrogens with one attached hydrogen (secondary N) is 2. The van der Waals surface area contributed by atoms with E-state index in [0.29, 0.717) is 16.8 Å². The fourth-order valence-corrected chi connectivity index (χ4v) is 3.85. The normalized spacial score (nSPS) is 18.8. The van der Waals surface area contributed by atoms with Gasteiger partial charge in [0.05, 0.1) is 34.5 Å². The molecular formula is C23H19F3N4O2. The molecule has 1 aliphatic heterocycles. The molecule has 0 saturated heterocycles. The Balaban J connectivity index is 1.75. The predicted molar refractivity (Wildman–Crippen MR) is 110 cm³/mol. The summed E-state index contributed by atoms with van der Waals surface area (Å²) in [5, 5.41) is 14.2. The zero-order valence-corrected chi connectivity index (χ0v) is 17.0. The fraction of sp³-hybridized carbons (Fsp3) is 0.261. The number of urea groups is 1. The summed E-state index contributed by atoms with van der Waals surface area (Å²) < 4.78 is 40.2. The van der Waals surface area contributed by atoms with E-state index in [1.165, 1.54) is 23.1 Å². The molecule has 1 aliphatic carbocycles. The maximum Gasteiger partial charge on any atom is 0.418 e. The Morgan fingerprint density at radius 3 is 2.41 bits per heavy atom. The van der Waals surface area contributed by atoms with Gasteiger partial charge in [-0.1, -0.05) is 24.3 Å². The van der Waals surface area contributed by atoms with Crippen LogP contribution in [-0.2, 0) is 11.0 Å². The average molecular weight is 440 g/mol. The second-order valence-electron chi connectivity index (χ2n) is 7.71. The minimum atomic E-state index is -4.64. The highest BCUT2D eigenvalue weighted by Gasteiger charge is 2.42. The fourth-order valence-electron chi connectivity index (χ4n) is 3.85. The highest BCUT2D eigenvalue weighted by Crippen LogP contribution is 2.39. The van der Waals surface area contributed by atoms with Gasteiger partial charge in [0, 0.05) is 11.7 Å². The zero-order chi connectivity index (χ0) is 23.0. The van der Waals surface area contributed by atoms with E-state index in [9.17, 15) is 22.8 Å². The molecule has 0 bridgehead atoms. The molecule has 9 heteroatoms. The van der Waals surface area contributed by atoms with Crippen molar-refractivity contribution in [1.82, 2.24) is 10.2 Å². The summed E-state index contributed by atoms with van der Waals surface area (Å²) in [5.41, 5.74) is 0.174. The topological polar surface area (TPSA) is 85.2 Å². The largest absolute Gasteiger partial charge is 0.418 e. The van der Waals surface area contributed by atoms with E-state index in [-0.39, 0.29) is 23.3 Å². The first kappa shape index (κ1) is 21.4. The monoisotopic (exact) mass is 440 g/mol. The number of alkyl halides is 3. The van der Waals surface area contributed by atoms with Crippen molar-refractivity contribution in [1.29, 1.82) is 5.26 Å². The second-order valence-corrected chi connectivity index (χ2v) is 7.71. The van der Waals surface area contributed by atoms with Crippen LogP contribution in [0.4, 0.5) is 23.7 Å². The molecule has 1 heterocycles. The van der Waals surface area contributed by atoms with Crippen LogP contribution in [0.3, 0.4) is 0 Å². The van der Waals surface area contributed by atoms with Crippen molar-refractivity contribution in [3.63, 3.8) is 0 Å². The van der Waals surface area contributed by atoms with Gasteiger partial charge in [0.1, 0.15) is 0 Å². The Hall–Kier alpha value is -3.80. The third kappa shape index (κ3) is 4.04. The summed E-state index contributed by atoms with van der Waals surface area (Å²) >= 11 is 0. The predicted octanol–water partition coefficient (Wildman–Crippen LogP) is 4.72. The number of carbonyl (C=O) groups is 2. The lowest BCUT2D eigenvalue weighted by atomic mass is 9.93. The lowest BCUT2D eigenvalue weighted by Crippen LogP contribution is -2.49. The molecule has 0 radical (unpaired) electrons. The van der Waals surface area contributed by atoms with E-state index in [0.717, 1.165) is 18.9 Å². The smallest absolute Gasteiger partial charge is 0.326 e. The molecule has 164 valence electrons. The molecule has 2 aromatic carbocycles. The van der Waals surface area contributed by atoms with Crippen LogP contribution in [-0.4, -0.2) is 22.9 Å². The summed E-state index contributed by atoms with van der Waals surface area (Å²) in [6.45, 7) is 1.62. The first-order chi connectivity index (χ1) is 15.2. The van der Waals surface area contributed by atoms with E-state index in [1.54, 1.807) is 31.2 Å². The highest BCUT2D eigenvalue weighted by molar-refractivity contribution is 6.07. The van der Waals surface area contributed by atoms with Crippen LogP contribution >= 0.6 is 0 Å². The van der Waals surface area contributed by atoms with Crippen molar-refractivity contribution >= 4 is 17.6 Å². The van der Waals surface area contributed by atoms with Crippen molar-refractivity contribution in [3.8, 4) is 6.07 Å². The van der Waals surface area contributed by atoms with E-state index in [4.69, 9.17) is 5.26 Å². The number of benzene rings is 2. The van der Waals surface area contributed by atoms with Crippen LogP contribution in [0.2, 0.25) is 0 Å². The molecule has 2 N–H and O–H groups in total. The van der Waals surface area contributed by atoms with Crippen molar-refractivity contribution in [2.45, 2.75) is 38.0 Å². The lowest BCUT2D eigenvalue weighted by Gasteiger charge is -2.36. The standard InChI is InChI=1S/C23H19F3N4O2/c1-13-19(21(31)28-18-5-3-2-4-17(18)23(24,25)26)20(15-8-6-14(12-27)7-9-15)29-22(32)30(13)16-10-11-16/h2-9,16,20H,10-11H2,1H3,(H,28,31)(H,29,32)/t20-/m0/s1. The van der Waals surface area contributed by atoms with Crippen LogP contribution < -0.4 is 10.6 Å². The van der Waals surface area contributed by atoms with Gasteiger partial charge in [-0.3, -0.25) is 9.69 Å². The van der Waals surface area contributed by atoms with Gasteiger partial charge in [-0.2, -0.15) is 18.4 Å². The van der Waals surface area contributed by atoms with Gasteiger partial charge in [0.2, 0.25) is 0 Å². The van der Waals surface area contributed by atoms with Crippen molar-refractivity contribution in [2.24, 2.45) is 0 Å². The Morgan fingerprint density at radius 2 is 1.81 bits per heavy atom. The number of rotatable bonds is 4. The summed E-state index contributed by atoms with van der Waals surface area (Å²) in [6.07, 6.45) is -3.06. The minimum absolute atomic E-state index is 0.0397. The number of para-hydroxylation sites is 1. The second kappa shape index (κ2) is 8.04. The third-order valence-electron chi connectivity index (χ3n) is 5.54. The summed E-state index contributed by atoms with van der Waals surface area (Å²) in [4.78, 5) is 27.5. The van der Waals surface area contributed by atoms with E-state index in [1.807, 2.05) is 6.07 Å². The number of anilines is 1. The SMILES string of the molecule is CC1=C(C(=O)Nc2ccccc2C(F)(F)F)[C@H](c2ccc(C#N)cc2)NC(=O)N1C1CC1. The van der Waals surface area contributed by atoms with Gasteiger partial charge in [-0.25, -0.2) is 4.79 Å². The first-order valence-electron chi connectivity index (χ1n) is 9.99. The van der Waals surface area contributed by atoms with E-state index >= 15 is 0 Å². The van der Waals surface area contributed by atoms with E-state index < -0.39 is 23.7 Å². The summed E-state index contributed by atoms with van der Waals surface area (Å²) in [5.74, 6) is -0.737.